The van der Waals surface area contributed by atoms with Crippen molar-refractivity contribution in [1.29, 1.82) is 0 Å². The van der Waals surface area contributed by atoms with Crippen molar-refractivity contribution in [2.24, 2.45) is 0 Å². The molecule has 4 nitrogen and oxygen atoms in total. The van der Waals surface area contributed by atoms with Crippen LogP contribution in [0.15, 0.2) is 91.0 Å². The number of hydrogen-bond acceptors (Lipinski definition) is 4. The Labute approximate surface area is 197 Å². The fraction of sp³-hybridized carbons (Fsp3) is 0.345. The molecule has 0 aromatic heterocycles. The van der Waals surface area contributed by atoms with Crippen molar-refractivity contribution in [1.82, 2.24) is 9.80 Å². The van der Waals surface area contributed by atoms with Gasteiger partial charge in [-0.3, -0.25) is 9.69 Å². The fourth-order valence-corrected chi connectivity index (χ4v) is 4.63. The van der Waals surface area contributed by atoms with Gasteiger partial charge in [0.15, 0.2) is 0 Å². The predicted octanol–water partition coefficient (Wildman–Crippen LogP) is 5.48. The van der Waals surface area contributed by atoms with Gasteiger partial charge in [0, 0.05) is 45.6 Å². The molecule has 1 fully saturated rings. The molecule has 0 aliphatic carbocycles. The maximum Gasteiger partial charge on any atom is 0.306 e. The molecule has 0 bridgehead atoms. The fourth-order valence-electron chi connectivity index (χ4n) is 4.63. The molecular weight excluding hydrogens is 408 g/mol. The van der Waals surface area contributed by atoms with E-state index in [1.165, 1.54) is 11.1 Å². The number of carbonyl (C=O) groups excluding carboxylic acids is 1. The van der Waals surface area contributed by atoms with Crippen LogP contribution in [0, 0.1) is 0 Å². The molecule has 1 unspecified atom stereocenters. The van der Waals surface area contributed by atoms with Gasteiger partial charge in [0.2, 0.25) is 0 Å². The molecule has 1 aliphatic rings. The quantitative estimate of drug-likeness (QED) is 0.411. The summed E-state index contributed by atoms with van der Waals surface area (Å²) in [6.07, 6.45) is 1.04. The first-order chi connectivity index (χ1) is 16.2. The zero-order chi connectivity index (χ0) is 22.9. The normalized spacial score (nSPS) is 15.9. The first-order valence-electron chi connectivity index (χ1n) is 12.1. The third kappa shape index (κ3) is 6.31. The van der Waals surface area contributed by atoms with E-state index in [9.17, 15) is 4.79 Å². The van der Waals surface area contributed by atoms with Gasteiger partial charge in [-0.1, -0.05) is 97.9 Å². The van der Waals surface area contributed by atoms with Crippen LogP contribution in [0.4, 0.5) is 0 Å². The minimum absolute atomic E-state index is 0.137. The molecule has 0 saturated carbocycles. The number of benzene rings is 3. The Morgan fingerprint density at radius 3 is 1.73 bits per heavy atom. The highest BCUT2D eigenvalue weighted by atomic mass is 16.5. The van der Waals surface area contributed by atoms with E-state index in [1.807, 2.05) is 25.1 Å². The van der Waals surface area contributed by atoms with Gasteiger partial charge in [-0.15, -0.1) is 0 Å². The van der Waals surface area contributed by atoms with E-state index in [2.05, 4.69) is 82.6 Å². The molecule has 0 radical (unpaired) electrons. The molecule has 1 aliphatic heterocycles. The molecule has 4 rings (SSSR count). The van der Waals surface area contributed by atoms with Crippen LogP contribution in [0.2, 0.25) is 0 Å². The van der Waals surface area contributed by atoms with Crippen LogP contribution in [0.3, 0.4) is 0 Å². The molecule has 4 heteroatoms. The summed E-state index contributed by atoms with van der Waals surface area (Å²) in [7, 11) is 0. The van der Waals surface area contributed by atoms with Gasteiger partial charge in [-0.05, 0) is 16.7 Å². The standard InChI is InChI=1S/C29H34N2O2/c1-2-28(32)33-27(24-12-6-3-7-13-24)18-19-30-20-22-31(23-21-30)29(25-14-8-4-9-15-25)26-16-10-5-11-17-26/h3-17,27,29H,2,18-23H2,1H3. The van der Waals surface area contributed by atoms with Crippen LogP contribution in [0.1, 0.15) is 48.6 Å². The van der Waals surface area contributed by atoms with Crippen LogP contribution in [0.25, 0.3) is 0 Å². The number of carbonyl (C=O) groups is 1. The molecule has 1 atom stereocenters. The maximum atomic E-state index is 12.0. The van der Waals surface area contributed by atoms with Crippen molar-refractivity contribution < 1.29 is 9.53 Å². The molecule has 0 N–H and O–H groups in total. The summed E-state index contributed by atoms with van der Waals surface area (Å²) < 4.78 is 5.78. The SMILES string of the molecule is CCC(=O)OC(CCN1CCN(C(c2ccccc2)c2ccccc2)CC1)c1ccccc1. The minimum Gasteiger partial charge on any atom is -0.457 e. The van der Waals surface area contributed by atoms with Gasteiger partial charge in [-0.25, -0.2) is 0 Å². The van der Waals surface area contributed by atoms with Crippen molar-refractivity contribution in [2.75, 3.05) is 32.7 Å². The Morgan fingerprint density at radius 1 is 0.758 bits per heavy atom. The van der Waals surface area contributed by atoms with Crippen LogP contribution in [0.5, 0.6) is 0 Å². The lowest BCUT2D eigenvalue weighted by Crippen LogP contribution is -2.48. The lowest BCUT2D eigenvalue weighted by Gasteiger charge is -2.40. The third-order valence-corrected chi connectivity index (χ3v) is 6.44. The number of hydrogen-bond donors (Lipinski definition) is 0. The van der Waals surface area contributed by atoms with Gasteiger partial charge in [0.05, 0.1) is 6.04 Å². The van der Waals surface area contributed by atoms with Crippen molar-refractivity contribution in [3.05, 3.63) is 108 Å². The third-order valence-electron chi connectivity index (χ3n) is 6.44. The van der Waals surface area contributed by atoms with Crippen LogP contribution in [-0.2, 0) is 9.53 Å². The summed E-state index contributed by atoms with van der Waals surface area (Å²) in [6.45, 7) is 6.82. The number of piperazine rings is 1. The largest absolute Gasteiger partial charge is 0.457 e. The highest BCUT2D eigenvalue weighted by Crippen LogP contribution is 2.30. The second-order valence-electron chi connectivity index (χ2n) is 8.63. The van der Waals surface area contributed by atoms with Gasteiger partial charge < -0.3 is 9.64 Å². The van der Waals surface area contributed by atoms with Gasteiger partial charge in [0.25, 0.3) is 0 Å². The number of ether oxygens (including phenoxy) is 1. The molecule has 1 heterocycles. The van der Waals surface area contributed by atoms with Crippen LogP contribution < -0.4 is 0 Å². The van der Waals surface area contributed by atoms with Crippen molar-refractivity contribution in [2.45, 2.75) is 31.9 Å². The monoisotopic (exact) mass is 442 g/mol. The summed E-state index contributed by atoms with van der Waals surface area (Å²) in [5, 5.41) is 0. The smallest absolute Gasteiger partial charge is 0.306 e. The van der Waals surface area contributed by atoms with Crippen LogP contribution >= 0.6 is 0 Å². The maximum absolute atomic E-state index is 12.0. The summed E-state index contributed by atoms with van der Waals surface area (Å²) in [5.74, 6) is -0.137. The second kappa shape index (κ2) is 11.8. The molecule has 33 heavy (non-hydrogen) atoms. The summed E-state index contributed by atoms with van der Waals surface area (Å²) in [5.41, 5.74) is 3.76. The summed E-state index contributed by atoms with van der Waals surface area (Å²) >= 11 is 0. The molecule has 0 spiro atoms. The lowest BCUT2D eigenvalue weighted by molar-refractivity contribution is -0.149. The Balaban J connectivity index is 1.38. The van der Waals surface area contributed by atoms with E-state index in [1.54, 1.807) is 0 Å². The lowest BCUT2D eigenvalue weighted by atomic mass is 9.96. The van der Waals surface area contributed by atoms with Crippen molar-refractivity contribution in [3.63, 3.8) is 0 Å². The van der Waals surface area contributed by atoms with Gasteiger partial charge >= 0.3 is 5.97 Å². The topological polar surface area (TPSA) is 32.8 Å². The first kappa shape index (κ1) is 23.2. The second-order valence-corrected chi connectivity index (χ2v) is 8.63. The molecule has 0 amide bonds. The minimum atomic E-state index is -0.182. The number of rotatable bonds is 9. The number of nitrogens with zero attached hydrogens (tertiary/aromatic N) is 2. The summed E-state index contributed by atoms with van der Waals surface area (Å²) in [4.78, 5) is 17.1. The van der Waals surface area contributed by atoms with Gasteiger partial charge in [0.1, 0.15) is 6.10 Å². The molecule has 1 saturated heterocycles. The molecule has 3 aromatic carbocycles. The van der Waals surface area contributed by atoms with Gasteiger partial charge in [-0.2, -0.15) is 0 Å². The number of esters is 1. The Morgan fingerprint density at radius 2 is 1.24 bits per heavy atom. The molecule has 172 valence electrons. The van der Waals surface area contributed by atoms with E-state index in [-0.39, 0.29) is 18.1 Å². The molecular formula is C29H34N2O2. The predicted molar refractivity (Wildman–Crippen MR) is 133 cm³/mol. The Hall–Kier alpha value is -2.95. The highest BCUT2D eigenvalue weighted by molar-refractivity contribution is 5.69. The van der Waals surface area contributed by atoms with Crippen molar-refractivity contribution >= 4 is 5.97 Å². The zero-order valence-electron chi connectivity index (χ0n) is 19.5. The summed E-state index contributed by atoms with van der Waals surface area (Å²) in [6, 6.07) is 32.0. The average molecular weight is 443 g/mol. The zero-order valence-corrected chi connectivity index (χ0v) is 19.5. The van der Waals surface area contributed by atoms with E-state index in [0.29, 0.717) is 6.42 Å². The first-order valence-corrected chi connectivity index (χ1v) is 12.1. The van der Waals surface area contributed by atoms with E-state index in [0.717, 1.165) is 44.7 Å². The molecule has 3 aromatic rings. The van der Waals surface area contributed by atoms with E-state index >= 15 is 0 Å². The van der Waals surface area contributed by atoms with E-state index in [4.69, 9.17) is 4.74 Å². The Bertz CT molecular complexity index is 931. The van der Waals surface area contributed by atoms with Crippen LogP contribution in [-0.4, -0.2) is 48.5 Å². The van der Waals surface area contributed by atoms with E-state index < -0.39 is 0 Å². The van der Waals surface area contributed by atoms with Crippen molar-refractivity contribution in [3.8, 4) is 0 Å². The Kier molecular flexibility index (Phi) is 8.29. The average Bonchev–Trinajstić information content (AvgIpc) is 2.89. The highest BCUT2D eigenvalue weighted by Gasteiger charge is 2.27.